The molecule has 1 unspecified atom stereocenters. The van der Waals surface area contributed by atoms with E-state index in [1.165, 1.54) is 6.07 Å². The van der Waals surface area contributed by atoms with Crippen molar-refractivity contribution in [1.29, 1.82) is 0 Å². The molecule has 0 bridgehead atoms. The normalized spacial score (nSPS) is 12.0. The van der Waals surface area contributed by atoms with Crippen molar-refractivity contribution in [2.45, 2.75) is 19.4 Å². The van der Waals surface area contributed by atoms with Crippen LogP contribution in [0.25, 0.3) is 0 Å². The molecule has 4 heteroatoms. The topological polar surface area (TPSA) is 21.3 Å². The van der Waals surface area contributed by atoms with E-state index in [1.807, 2.05) is 31.2 Å². The average Bonchev–Trinajstić information content (AvgIpc) is 2.43. The average molecular weight is 338 g/mol. The number of rotatable bonds is 5. The molecule has 0 spiro atoms. The zero-order valence-corrected chi connectivity index (χ0v) is 13.1. The van der Waals surface area contributed by atoms with Crippen LogP contribution in [-0.4, -0.2) is 13.2 Å². The third-order valence-corrected chi connectivity index (χ3v) is 3.54. The summed E-state index contributed by atoms with van der Waals surface area (Å²) in [5.41, 5.74) is 1.60. The van der Waals surface area contributed by atoms with Crippen molar-refractivity contribution >= 4 is 21.6 Å². The van der Waals surface area contributed by atoms with E-state index >= 15 is 0 Å². The molecule has 2 nitrogen and oxygen atoms in total. The minimum atomic E-state index is -0.250. The minimum absolute atomic E-state index is 0.0927. The lowest BCUT2D eigenvalue weighted by Gasteiger charge is -2.17. The molecule has 2 aromatic rings. The molecule has 0 saturated heterocycles. The van der Waals surface area contributed by atoms with Gasteiger partial charge in [-0.1, -0.05) is 34.1 Å². The Morgan fingerprint density at radius 3 is 2.75 bits per heavy atom. The van der Waals surface area contributed by atoms with Gasteiger partial charge in [-0.05, 0) is 43.2 Å². The molecule has 2 aromatic carbocycles. The van der Waals surface area contributed by atoms with Gasteiger partial charge < -0.3 is 10.1 Å². The van der Waals surface area contributed by atoms with Crippen LogP contribution in [0.5, 0.6) is 5.75 Å². The summed E-state index contributed by atoms with van der Waals surface area (Å²) in [5, 5.41) is 3.19. The molecular weight excluding hydrogens is 321 g/mol. The predicted octanol–water partition coefficient (Wildman–Crippen LogP) is 4.64. The Balaban J connectivity index is 2.09. The van der Waals surface area contributed by atoms with Crippen molar-refractivity contribution in [1.82, 2.24) is 0 Å². The maximum absolute atomic E-state index is 13.7. The van der Waals surface area contributed by atoms with Crippen molar-refractivity contribution in [2.24, 2.45) is 0 Å². The lowest BCUT2D eigenvalue weighted by atomic mass is 10.1. The number of ether oxygens (including phenoxy) is 1. The van der Waals surface area contributed by atoms with Gasteiger partial charge >= 0.3 is 0 Å². The van der Waals surface area contributed by atoms with Crippen molar-refractivity contribution in [2.75, 3.05) is 12.4 Å². The second-order valence-corrected chi connectivity index (χ2v) is 5.60. The van der Waals surface area contributed by atoms with Crippen molar-refractivity contribution in [3.63, 3.8) is 0 Å². The smallest absolute Gasteiger partial charge is 0.146 e. The van der Waals surface area contributed by atoms with Crippen LogP contribution in [0.15, 0.2) is 46.9 Å². The summed E-state index contributed by atoms with van der Waals surface area (Å²) in [6.07, 6.45) is 0.760. The summed E-state index contributed by atoms with van der Waals surface area (Å²) in [4.78, 5) is 0. The fourth-order valence-electron chi connectivity index (χ4n) is 2.13. The monoisotopic (exact) mass is 337 g/mol. The molecule has 2 rings (SSSR count). The summed E-state index contributed by atoms with van der Waals surface area (Å²) >= 11 is 3.35. The Labute approximate surface area is 127 Å². The number of benzene rings is 2. The van der Waals surface area contributed by atoms with Gasteiger partial charge in [-0.3, -0.25) is 0 Å². The number of nitrogens with one attached hydrogen (secondary N) is 1. The van der Waals surface area contributed by atoms with Gasteiger partial charge in [0.15, 0.2) is 0 Å². The van der Waals surface area contributed by atoms with E-state index in [9.17, 15) is 4.39 Å². The maximum Gasteiger partial charge on any atom is 0.146 e. The van der Waals surface area contributed by atoms with Crippen LogP contribution in [0.2, 0.25) is 0 Å². The highest BCUT2D eigenvalue weighted by molar-refractivity contribution is 9.10. The Morgan fingerprint density at radius 1 is 1.25 bits per heavy atom. The van der Waals surface area contributed by atoms with E-state index in [4.69, 9.17) is 4.74 Å². The number of hydrogen-bond acceptors (Lipinski definition) is 2. The molecule has 1 N–H and O–H groups in total. The number of methoxy groups -OCH3 is 1. The SMILES string of the molecule is COc1ccccc1CC(C)Nc1cc(Br)ccc1F. The van der Waals surface area contributed by atoms with Crippen LogP contribution in [0.4, 0.5) is 10.1 Å². The van der Waals surface area contributed by atoms with Gasteiger partial charge in [-0.25, -0.2) is 4.39 Å². The van der Waals surface area contributed by atoms with Crippen LogP contribution in [0.1, 0.15) is 12.5 Å². The second-order valence-electron chi connectivity index (χ2n) is 4.69. The molecule has 0 aliphatic rings. The summed E-state index contributed by atoms with van der Waals surface area (Å²) in [6.45, 7) is 2.02. The van der Waals surface area contributed by atoms with Crippen LogP contribution in [0.3, 0.4) is 0 Å². The Morgan fingerprint density at radius 2 is 2.00 bits per heavy atom. The molecule has 0 heterocycles. The summed E-state index contributed by atoms with van der Waals surface area (Å²) in [7, 11) is 1.66. The third kappa shape index (κ3) is 3.73. The van der Waals surface area contributed by atoms with E-state index in [0.29, 0.717) is 5.69 Å². The number of halogens is 2. The molecule has 0 aliphatic carbocycles. The fourth-order valence-corrected chi connectivity index (χ4v) is 2.49. The highest BCUT2D eigenvalue weighted by Crippen LogP contribution is 2.23. The van der Waals surface area contributed by atoms with Crippen LogP contribution in [-0.2, 0) is 6.42 Å². The van der Waals surface area contributed by atoms with Gasteiger partial charge in [0.05, 0.1) is 12.8 Å². The number of para-hydroxylation sites is 1. The molecular formula is C16H17BrFNO. The van der Waals surface area contributed by atoms with E-state index in [0.717, 1.165) is 22.2 Å². The first kappa shape index (κ1) is 14.9. The first-order valence-corrected chi connectivity index (χ1v) is 7.23. The van der Waals surface area contributed by atoms with Crippen LogP contribution in [0, 0.1) is 5.82 Å². The first-order chi connectivity index (χ1) is 9.60. The first-order valence-electron chi connectivity index (χ1n) is 6.43. The molecule has 106 valence electrons. The molecule has 0 aromatic heterocycles. The Kier molecular flexibility index (Phi) is 5.01. The van der Waals surface area contributed by atoms with Crippen LogP contribution < -0.4 is 10.1 Å². The van der Waals surface area contributed by atoms with E-state index < -0.39 is 0 Å². The van der Waals surface area contributed by atoms with E-state index in [-0.39, 0.29) is 11.9 Å². The number of hydrogen-bond donors (Lipinski definition) is 1. The largest absolute Gasteiger partial charge is 0.496 e. The molecule has 0 saturated carbocycles. The molecule has 0 radical (unpaired) electrons. The van der Waals surface area contributed by atoms with Crippen molar-refractivity contribution < 1.29 is 9.13 Å². The van der Waals surface area contributed by atoms with Gasteiger partial charge in [-0.15, -0.1) is 0 Å². The highest BCUT2D eigenvalue weighted by atomic mass is 79.9. The minimum Gasteiger partial charge on any atom is -0.496 e. The standard InChI is InChI=1S/C16H17BrFNO/c1-11(9-12-5-3-4-6-16(12)20-2)19-15-10-13(17)7-8-14(15)18/h3-8,10-11,19H,9H2,1-2H3. The highest BCUT2D eigenvalue weighted by Gasteiger charge is 2.10. The second kappa shape index (κ2) is 6.75. The zero-order valence-electron chi connectivity index (χ0n) is 11.5. The number of anilines is 1. The van der Waals surface area contributed by atoms with Gasteiger partial charge in [0.2, 0.25) is 0 Å². The summed E-state index contributed by atoms with van der Waals surface area (Å²) in [5.74, 6) is 0.607. The molecule has 0 amide bonds. The van der Waals surface area contributed by atoms with E-state index in [2.05, 4.69) is 21.2 Å². The van der Waals surface area contributed by atoms with Crippen molar-refractivity contribution in [3.05, 3.63) is 58.3 Å². The Bertz CT molecular complexity index is 588. The van der Waals surface area contributed by atoms with Gasteiger partial charge in [0.25, 0.3) is 0 Å². The molecule has 1 atom stereocenters. The summed E-state index contributed by atoms with van der Waals surface area (Å²) < 4.78 is 19.9. The fraction of sp³-hybridized carbons (Fsp3) is 0.250. The molecule has 0 fully saturated rings. The predicted molar refractivity (Wildman–Crippen MR) is 83.9 cm³/mol. The third-order valence-electron chi connectivity index (χ3n) is 3.05. The Hall–Kier alpha value is -1.55. The lowest BCUT2D eigenvalue weighted by Crippen LogP contribution is -2.19. The van der Waals surface area contributed by atoms with Crippen molar-refractivity contribution in [3.8, 4) is 5.75 Å². The molecule has 0 aliphatic heterocycles. The zero-order chi connectivity index (χ0) is 14.5. The quantitative estimate of drug-likeness (QED) is 0.858. The summed E-state index contributed by atoms with van der Waals surface area (Å²) in [6, 6.07) is 12.8. The molecule has 20 heavy (non-hydrogen) atoms. The van der Waals surface area contributed by atoms with Gasteiger partial charge in [0, 0.05) is 10.5 Å². The van der Waals surface area contributed by atoms with Gasteiger partial charge in [-0.2, -0.15) is 0 Å². The van der Waals surface area contributed by atoms with E-state index in [1.54, 1.807) is 19.2 Å². The van der Waals surface area contributed by atoms with Crippen LogP contribution >= 0.6 is 15.9 Å². The lowest BCUT2D eigenvalue weighted by molar-refractivity contribution is 0.409. The van der Waals surface area contributed by atoms with Gasteiger partial charge in [0.1, 0.15) is 11.6 Å². The maximum atomic E-state index is 13.7.